The third kappa shape index (κ3) is 3.71. The molecular formula is C20H25N5O. The Morgan fingerprint density at radius 3 is 2.88 bits per heavy atom. The number of aliphatic hydroxyl groups excluding tert-OH is 1. The van der Waals surface area contributed by atoms with E-state index in [1.807, 2.05) is 34.0 Å². The van der Waals surface area contributed by atoms with E-state index in [1.165, 1.54) is 11.1 Å². The summed E-state index contributed by atoms with van der Waals surface area (Å²) in [5.41, 5.74) is 3.59. The molecule has 2 aromatic heterocycles. The molecule has 6 heteroatoms. The number of aryl methyl sites for hydroxylation is 1. The molecule has 3 atom stereocenters. The first-order chi connectivity index (χ1) is 12.7. The van der Waals surface area contributed by atoms with Crippen LogP contribution < -0.4 is 5.32 Å². The van der Waals surface area contributed by atoms with Crippen LogP contribution in [0.3, 0.4) is 0 Å². The number of aromatic nitrogens is 4. The van der Waals surface area contributed by atoms with Gasteiger partial charge in [-0.2, -0.15) is 5.10 Å². The number of nitrogens with one attached hydrogen (secondary N) is 1. The van der Waals surface area contributed by atoms with Crippen molar-refractivity contribution < 1.29 is 5.11 Å². The molecule has 0 spiro atoms. The normalized spacial score (nSPS) is 22.8. The van der Waals surface area contributed by atoms with Crippen LogP contribution in [0.4, 0.5) is 0 Å². The Kier molecular flexibility index (Phi) is 4.86. The molecule has 1 unspecified atom stereocenters. The lowest BCUT2D eigenvalue weighted by Gasteiger charge is -2.17. The highest BCUT2D eigenvalue weighted by molar-refractivity contribution is 5.42. The Balaban J connectivity index is 1.34. The van der Waals surface area contributed by atoms with Crippen molar-refractivity contribution in [2.24, 2.45) is 5.92 Å². The van der Waals surface area contributed by atoms with Crippen molar-refractivity contribution in [1.82, 2.24) is 24.6 Å². The van der Waals surface area contributed by atoms with Gasteiger partial charge in [0, 0.05) is 49.6 Å². The van der Waals surface area contributed by atoms with E-state index in [2.05, 4.69) is 40.5 Å². The minimum absolute atomic E-state index is 0.143. The van der Waals surface area contributed by atoms with Crippen LogP contribution in [0.25, 0.3) is 5.69 Å². The Bertz CT molecular complexity index is 828. The Morgan fingerprint density at radius 2 is 2.15 bits per heavy atom. The van der Waals surface area contributed by atoms with E-state index in [-0.39, 0.29) is 12.1 Å². The Morgan fingerprint density at radius 1 is 1.23 bits per heavy atom. The molecule has 2 heterocycles. The maximum absolute atomic E-state index is 10.4. The second-order valence-electron chi connectivity index (χ2n) is 7.21. The van der Waals surface area contributed by atoms with Crippen molar-refractivity contribution in [2.45, 2.75) is 45.0 Å². The van der Waals surface area contributed by atoms with Crippen molar-refractivity contribution >= 4 is 0 Å². The van der Waals surface area contributed by atoms with Gasteiger partial charge in [-0.05, 0) is 48.9 Å². The van der Waals surface area contributed by atoms with E-state index in [0.29, 0.717) is 5.92 Å². The summed E-state index contributed by atoms with van der Waals surface area (Å²) >= 11 is 0. The fourth-order valence-corrected chi connectivity index (χ4v) is 3.93. The van der Waals surface area contributed by atoms with Crippen LogP contribution in [-0.4, -0.2) is 36.6 Å². The molecule has 1 fully saturated rings. The highest BCUT2D eigenvalue weighted by Crippen LogP contribution is 2.28. The maximum Gasteiger partial charge on any atom is 0.0991 e. The van der Waals surface area contributed by atoms with Crippen molar-refractivity contribution in [2.75, 3.05) is 0 Å². The third-order valence-electron chi connectivity index (χ3n) is 5.24. The van der Waals surface area contributed by atoms with Crippen LogP contribution in [0.2, 0.25) is 0 Å². The van der Waals surface area contributed by atoms with Crippen LogP contribution in [0, 0.1) is 12.8 Å². The summed E-state index contributed by atoms with van der Waals surface area (Å²) in [6.07, 6.45) is 10.9. The number of benzene rings is 1. The molecule has 1 aliphatic carbocycles. The molecule has 1 aromatic carbocycles. The predicted molar refractivity (Wildman–Crippen MR) is 99.9 cm³/mol. The molecule has 0 amide bonds. The van der Waals surface area contributed by atoms with Gasteiger partial charge < -0.3 is 15.0 Å². The third-order valence-corrected chi connectivity index (χ3v) is 5.24. The maximum atomic E-state index is 10.4. The second-order valence-corrected chi connectivity index (χ2v) is 7.21. The lowest BCUT2D eigenvalue weighted by molar-refractivity contribution is 0.145. The van der Waals surface area contributed by atoms with Crippen LogP contribution in [0.15, 0.2) is 55.4 Å². The smallest absolute Gasteiger partial charge is 0.0991 e. The molecule has 2 N–H and O–H groups in total. The Labute approximate surface area is 153 Å². The second kappa shape index (κ2) is 7.43. The van der Waals surface area contributed by atoms with E-state index in [0.717, 1.165) is 31.6 Å². The van der Waals surface area contributed by atoms with Crippen molar-refractivity contribution in [1.29, 1.82) is 0 Å². The van der Waals surface area contributed by atoms with E-state index < -0.39 is 0 Å². The van der Waals surface area contributed by atoms with Crippen LogP contribution in [0.5, 0.6) is 0 Å². The number of aliphatic hydroxyl groups is 1. The van der Waals surface area contributed by atoms with E-state index in [4.69, 9.17) is 0 Å². The van der Waals surface area contributed by atoms with Gasteiger partial charge >= 0.3 is 0 Å². The topological polar surface area (TPSA) is 67.9 Å². The average molecular weight is 351 g/mol. The van der Waals surface area contributed by atoms with Gasteiger partial charge in [0.25, 0.3) is 0 Å². The molecule has 1 saturated carbocycles. The number of rotatable bonds is 6. The van der Waals surface area contributed by atoms with Gasteiger partial charge in [0.1, 0.15) is 0 Å². The molecule has 4 rings (SSSR count). The fourth-order valence-electron chi connectivity index (χ4n) is 3.93. The zero-order chi connectivity index (χ0) is 17.9. The number of imidazole rings is 1. The van der Waals surface area contributed by atoms with Crippen LogP contribution in [0.1, 0.15) is 24.0 Å². The largest absolute Gasteiger partial charge is 0.391 e. The standard InChI is InChI=1S/C20H25N5O/c1-15-9-16(3-4-19(15)24-8-6-21-14-24)12-22-18-10-17(11-20(18)26)13-25-7-2-5-23-25/h2-9,14,17-18,20,22,26H,10-13H2,1H3/t17?,18-,20-/m1/s1. The van der Waals surface area contributed by atoms with E-state index in [9.17, 15) is 5.11 Å². The lowest BCUT2D eigenvalue weighted by atomic mass is 10.1. The number of hydrogen-bond donors (Lipinski definition) is 2. The molecule has 0 bridgehead atoms. The monoisotopic (exact) mass is 351 g/mol. The van der Waals surface area contributed by atoms with Crippen molar-refractivity contribution in [3.63, 3.8) is 0 Å². The minimum Gasteiger partial charge on any atom is -0.391 e. The summed E-state index contributed by atoms with van der Waals surface area (Å²) in [5, 5.41) is 18.2. The van der Waals surface area contributed by atoms with Crippen molar-refractivity contribution in [3.05, 3.63) is 66.5 Å². The first-order valence-electron chi connectivity index (χ1n) is 9.16. The summed E-state index contributed by atoms with van der Waals surface area (Å²) in [6.45, 7) is 3.76. The average Bonchev–Trinajstić information content (AvgIpc) is 3.36. The highest BCUT2D eigenvalue weighted by Gasteiger charge is 2.32. The Hall–Kier alpha value is -2.44. The molecule has 6 nitrogen and oxygen atoms in total. The molecule has 0 aliphatic heterocycles. The molecule has 1 aliphatic rings. The fraction of sp³-hybridized carbons (Fsp3) is 0.400. The summed E-state index contributed by atoms with van der Waals surface area (Å²) in [4.78, 5) is 4.11. The molecular weight excluding hydrogens is 326 g/mol. The van der Waals surface area contributed by atoms with Gasteiger partial charge in [0.15, 0.2) is 0 Å². The first-order valence-corrected chi connectivity index (χ1v) is 9.16. The van der Waals surface area contributed by atoms with Gasteiger partial charge in [0.05, 0.1) is 12.4 Å². The predicted octanol–water partition coefficient (Wildman–Crippen LogP) is 2.31. The van der Waals surface area contributed by atoms with Gasteiger partial charge in [-0.15, -0.1) is 0 Å². The van der Waals surface area contributed by atoms with E-state index >= 15 is 0 Å². The highest BCUT2D eigenvalue weighted by atomic mass is 16.3. The van der Waals surface area contributed by atoms with Crippen LogP contribution >= 0.6 is 0 Å². The number of hydrogen-bond acceptors (Lipinski definition) is 4. The lowest BCUT2D eigenvalue weighted by Crippen LogP contribution is -2.35. The van der Waals surface area contributed by atoms with Crippen LogP contribution in [-0.2, 0) is 13.1 Å². The van der Waals surface area contributed by atoms with Crippen molar-refractivity contribution in [3.8, 4) is 5.69 Å². The summed E-state index contributed by atoms with van der Waals surface area (Å²) in [5.74, 6) is 0.466. The van der Waals surface area contributed by atoms with Gasteiger partial charge in [-0.25, -0.2) is 4.98 Å². The molecule has 136 valence electrons. The zero-order valence-corrected chi connectivity index (χ0v) is 15.0. The number of nitrogens with zero attached hydrogens (tertiary/aromatic N) is 4. The molecule has 0 saturated heterocycles. The van der Waals surface area contributed by atoms with Gasteiger partial charge in [-0.3, -0.25) is 4.68 Å². The molecule has 0 radical (unpaired) electrons. The minimum atomic E-state index is -0.290. The summed E-state index contributed by atoms with van der Waals surface area (Å²) in [6, 6.07) is 8.54. The first kappa shape index (κ1) is 17.0. The summed E-state index contributed by atoms with van der Waals surface area (Å²) < 4.78 is 3.98. The molecule has 3 aromatic rings. The summed E-state index contributed by atoms with van der Waals surface area (Å²) in [7, 11) is 0. The van der Waals surface area contributed by atoms with E-state index in [1.54, 1.807) is 12.4 Å². The zero-order valence-electron chi connectivity index (χ0n) is 15.0. The quantitative estimate of drug-likeness (QED) is 0.715. The van der Waals surface area contributed by atoms with Gasteiger partial charge in [0.2, 0.25) is 0 Å². The van der Waals surface area contributed by atoms with Gasteiger partial charge in [-0.1, -0.05) is 12.1 Å². The molecule has 26 heavy (non-hydrogen) atoms. The SMILES string of the molecule is Cc1cc(CN[C@@H]2CC(Cn3cccn3)C[C@H]2O)ccc1-n1ccnc1.